The van der Waals surface area contributed by atoms with Crippen LogP contribution in [0, 0.1) is 5.92 Å². The van der Waals surface area contributed by atoms with Crippen molar-refractivity contribution in [2.24, 2.45) is 5.92 Å². The second-order valence-electron chi connectivity index (χ2n) is 5.64. The summed E-state index contributed by atoms with van der Waals surface area (Å²) < 4.78 is 0. The molecule has 1 aliphatic carbocycles. The van der Waals surface area contributed by atoms with E-state index in [0.717, 1.165) is 6.42 Å². The SMILES string of the molecule is CC1CCCCC1N(C)C(=O)N(C)CCCC(=O)O. The van der Waals surface area contributed by atoms with Gasteiger partial charge in [-0.3, -0.25) is 4.79 Å². The molecule has 2 amide bonds. The monoisotopic (exact) mass is 270 g/mol. The van der Waals surface area contributed by atoms with Crippen molar-refractivity contribution in [1.29, 1.82) is 0 Å². The molecule has 5 heteroatoms. The molecule has 0 aromatic heterocycles. The highest BCUT2D eigenvalue weighted by atomic mass is 16.4. The van der Waals surface area contributed by atoms with Crippen molar-refractivity contribution < 1.29 is 14.7 Å². The van der Waals surface area contributed by atoms with E-state index in [4.69, 9.17) is 5.11 Å². The third-order valence-electron chi connectivity index (χ3n) is 4.08. The molecule has 0 heterocycles. The van der Waals surface area contributed by atoms with Gasteiger partial charge in [0.2, 0.25) is 0 Å². The van der Waals surface area contributed by atoms with Crippen molar-refractivity contribution in [2.75, 3.05) is 20.6 Å². The van der Waals surface area contributed by atoms with Gasteiger partial charge in [-0.25, -0.2) is 4.79 Å². The average Bonchev–Trinajstić information content (AvgIpc) is 2.37. The molecule has 0 aromatic carbocycles. The van der Waals surface area contributed by atoms with Crippen LogP contribution >= 0.6 is 0 Å². The number of carbonyl (C=O) groups is 2. The zero-order valence-corrected chi connectivity index (χ0v) is 12.3. The Balaban J connectivity index is 2.43. The van der Waals surface area contributed by atoms with E-state index < -0.39 is 5.97 Å². The first-order valence-electron chi connectivity index (χ1n) is 7.13. The highest BCUT2D eigenvalue weighted by Gasteiger charge is 2.29. The molecule has 2 unspecified atom stereocenters. The lowest BCUT2D eigenvalue weighted by Gasteiger charge is -2.38. The van der Waals surface area contributed by atoms with Gasteiger partial charge >= 0.3 is 12.0 Å². The largest absolute Gasteiger partial charge is 0.481 e. The number of rotatable bonds is 5. The van der Waals surface area contributed by atoms with E-state index in [1.807, 2.05) is 11.9 Å². The second-order valence-corrected chi connectivity index (χ2v) is 5.64. The Hall–Kier alpha value is -1.26. The van der Waals surface area contributed by atoms with E-state index in [-0.39, 0.29) is 12.5 Å². The molecular weight excluding hydrogens is 244 g/mol. The molecule has 1 aliphatic rings. The van der Waals surface area contributed by atoms with E-state index in [1.54, 1.807) is 11.9 Å². The zero-order valence-electron chi connectivity index (χ0n) is 12.3. The predicted molar refractivity (Wildman–Crippen MR) is 74.1 cm³/mol. The number of aliphatic carboxylic acids is 1. The van der Waals surface area contributed by atoms with Crippen molar-refractivity contribution >= 4 is 12.0 Å². The Morgan fingerprint density at radius 1 is 1.21 bits per heavy atom. The van der Waals surface area contributed by atoms with Gasteiger partial charge in [0.05, 0.1) is 0 Å². The minimum Gasteiger partial charge on any atom is -0.481 e. The van der Waals surface area contributed by atoms with E-state index >= 15 is 0 Å². The fourth-order valence-electron chi connectivity index (χ4n) is 2.85. The summed E-state index contributed by atoms with van der Waals surface area (Å²) in [4.78, 5) is 26.2. The van der Waals surface area contributed by atoms with Gasteiger partial charge in [-0.05, 0) is 25.2 Å². The minimum atomic E-state index is -0.810. The van der Waals surface area contributed by atoms with Gasteiger partial charge in [0, 0.05) is 33.1 Å². The van der Waals surface area contributed by atoms with Gasteiger partial charge in [-0.15, -0.1) is 0 Å². The molecular formula is C14H26N2O3. The smallest absolute Gasteiger partial charge is 0.319 e. The number of urea groups is 1. The van der Waals surface area contributed by atoms with Crippen LogP contribution < -0.4 is 0 Å². The molecule has 19 heavy (non-hydrogen) atoms. The molecule has 0 aromatic rings. The highest BCUT2D eigenvalue weighted by molar-refractivity contribution is 5.74. The summed E-state index contributed by atoms with van der Waals surface area (Å²) >= 11 is 0. The Morgan fingerprint density at radius 3 is 2.42 bits per heavy atom. The lowest BCUT2D eigenvalue weighted by molar-refractivity contribution is -0.137. The molecule has 0 saturated heterocycles. The number of hydrogen-bond acceptors (Lipinski definition) is 2. The quantitative estimate of drug-likeness (QED) is 0.834. The molecule has 110 valence electrons. The molecule has 1 rings (SSSR count). The van der Waals surface area contributed by atoms with Crippen molar-refractivity contribution in [3.63, 3.8) is 0 Å². The van der Waals surface area contributed by atoms with Gasteiger partial charge in [0.1, 0.15) is 0 Å². The normalized spacial score (nSPS) is 22.9. The molecule has 5 nitrogen and oxygen atoms in total. The fraction of sp³-hybridized carbons (Fsp3) is 0.857. The van der Waals surface area contributed by atoms with Crippen LogP contribution in [-0.2, 0) is 4.79 Å². The lowest BCUT2D eigenvalue weighted by atomic mass is 9.85. The summed E-state index contributed by atoms with van der Waals surface area (Å²) in [5.74, 6) is -0.259. The third-order valence-corrected chi connectivity index (χ3v) is 4.08. The number of carboxylic acid groups (broad SMARTS) is 1. The van der Waals surface area contributed by atoms with Crippen LogP contribution in [0.5, 0.6) is 0 Å². The molecule has 0 aliphatic heterocycles. The molecule has 0 radical (unpaired) electrons. The van der Waals surface area contributed by atoms with Crippen LogP contribution in [0.15, 0.2) is 0 Å². The van der Waals surface area contributed by atoms with Crippen LogP contribution in [0.2, 0.25) is 0 Å². The number of hydrogen-bond donors (Lipinski definition) is 1. The second kappa shape index (κ2) is 7.36. The summed E-state index contributed by atoms with van der Waals surface area (Å²) in [5, 5.41) is 8.60. The first kappa shape index (κ1) is 15.8. The Morgan fingerprint density at radius 2 is 1.84 bits per heavy atom. The minimum absolute atomic E-state index is 0.00383. The van der Waals surface area contributed by atoms with E-state index in [2.05, 4.69) is 6.92 Å². The predicted octanol–water partition coefficient (Wildman–Crippen LogP) is 2.41. The third kappa shape index (κ3) is 4.73. The molecule has 1 N–H and O–H groups in total. The topological polar surface area (TPSA) is 60.9 Å². The van der Waals surface area contributed by atoms with Crippen LogP contribution in [0.3, 0.4) is 0 Å². The van der Waals surface area contributed by atoms with Crippen molar-refractivity contribution in [3.8, 4) is 0 Å². The van der Waals surface area contributed by atoms with E-state index in [1.165, 1.54) is 19.3 Å². The van der Waals surface area contributed by atoms with Crippen LogP contribution in [-0.4, -0.2) is 53.6 Å². The van der Waals surface area contributed by atoms with Gasteiger partial charge in [-0.2, -0.15) is 0 Å². The summed E-state index contributed by atoms with van der Waals surface area (Å²) in [5.41, 5.74) is 0. The maximum Gasteiger partial charge on any atom is 0.319 e. The summed E-state index contributed by atoms with van der Waals surface area (Å²) in [6.07, 6.45) is 5.33. The molecule has 0 spiro atoms. The van der Waals surface area contributed by atoms with E-state index in [9.17, 15) is 9.59 Å². The maximum absolute atomic E-state index is 12.3. The van der Waals surface area contributed by atoms with Crippen molar-refractivity contribution in [2.45, 2.75) is 51.5 Å². The standard InChI is InChI=1S/C14H26N2O3/c1-11-7-4-5-8-12(11)16(3)14(19)15(2)10-6-9-13(17)18/h11-12H,4-10H2,1-3H3,(H,17,18). The Kier molecular flexibility index (Phi) is 6.12. The number of amides is 2. The average molecular weight is 270 g/mol. The van der Waals surface area contributed by atoms with Crippen LogP contribution in [0.1, 0.15) is 45.4 Å². The highest BCUT2D eigenvalue weighted by Crippen LogP contribution is 2.27. The van der Waals surface area contributed by atoms with Gasteiger partial charge < -0.3 is 14.9 Å². The van der Waals surface area contributed by atoms with Crippen LogP contribution in [0.25, 0.3) is 0 Å². The van der Waals surface area contributed by atoms with Gasteiger partial charge in [0.15, 0.2) is 0 Å². The molecule has 1 fully saturated rings. The molecule has 2 atom stereocenters. The van der Waals surface area contributed by atoms with E-state index in [0.29, 0.717) is 24.9 Å². The number of carboxylic acids is 1. The zero-order chi connectivity index (χ0) is 14.4. The van der Waals surface area contributed by atoms with Gasteiger partial charge in [-0.1, -0.05) is 19.8 Å². The summed E-state index contributed by atoms with van der Waals surface area (Å²) in [6, 6.07) is 0.326. The first-order valence-corrected chi connectivity index (χ1v) is 7.13. The molecule has 0 bridgehead atoms. The number of carbonyl (C=O) groups excluding carboxylic acids is 1. The fourth-order valence-corrected chi connectivity index (χ4v) is 2.85. The Labute approximate surface area is 115 Å². The van der Waals surface area contributed by atoms with Crippen LogP contribution in [0.4, 0.5) is 4.79 Å². The van der Waals surface area contributed by atoms with Crippen molar-refractivity contribution in [1.82, 2.24) is 9.80 Å². The lowest BCUT2D eigenvalue weighted by Crippen LogP contribution is -2.48. The first-order chi connectivity index (χ1) is 8.93. The molecule has 1 saturated carbocycles. The van der Waals surface area contributed by atoms with Crippen molar-refractivity contribution in [3.05, 3.63) is 0 Å². The Bertz CT molecular complexity index is 320. The number of nitrogens with zero attached hydrogens (tertiary/aromatic N) is 2. The maximum atomic E-state index is 12.3. The van der Waals surface area contributed by atoms with Gasteiger partial charge in [0.25, 0.3) is 0 Å². The summed E-state index contributed by atoms with van der Waals surface area (Å²) in [6.45, 7) is 2.70. The summed E-state index contributed by atoms with van der Waals surface area (Å²) in [7, 11) is 3.61.